The van der Waals surface area contributed by atoms with Crippen molar-refractivity contribution in [1.82, 2.24) is 0 Å². The largest absolute Gasteiger partial charge is 0.497 e. The Bertz CT molecular complexity index is 538. The van der Waals surface area contributed by atoms with Crippen LogP contribution in [0, 0.1) is 0 Å². The van der Waals surface area contributed by atoms with Crippen LogP contribution in [0.2, 0.25) is 0 Å². The Morgan fingerprint density at radius 3 is 2.42 bits per heavy atom. The summed E-state index contributed by atoms with van der Waals surface area (Å²) in [5.41, 5.74) is 1.20. The average Bonchev–Trinajstić information content (AvgIpc) is 2.41. The van der Waals surface area contributed by atoms with Crippen molar-refractivity contribution in [1.29, 1.82) is 0 Å². The van der Waals surface area contributed by atoms with Gasteiger partial charge in [0.05, 0.1) is 21.2 Å². The second-order valence-electron chi connectivity index (χ2n) is 4.77. The molecule has 19 heavy (non-hydrogen) atoms. The lowest BCUT2D eigenvalue weighted by atomic mass is 10.2. The molecule has 0 aliphatic carbocycles. The molecule has 0 aliphatic rings. The molecule has 0 unspecified atom stereocenters. The first-order chi connectivity index (χ1) is 9.19. The number of quaternary nitrogens is 1. The molecule has 3 heteroatoms. The molecule has 2 rings (SSSR count). The SMILES string of the molecule is COc1cccc(Oc2ccccc2C[NH+](C)C)c1. The number of benzene rings is 2. The van der Waals surface area contributed by atoms with Gasteiger partial charge in [-0.15, -0.1) is 0 Å². The highest BCUT2D eigenvalue weighted by atomic mass is 16.5. The van der Waals surface area contributed by atoms with Gasteiger partial charge in [0.25, 0.3) is 0 Å². The molecule has 0 fully saturated rings. The predicted molar refractivity (Wildman–Crippen MR) is 76.0 cm³/mol. The van der Waals surface area contributed by atoms with E-state index in [1.54, 1.807) is 7.11 Å². The minimum absolute atomic E-state index is 0.792. The average molecular weight is 258 g/mol. The predicted octanol–water partition coefficient (Wildman–Crippen LogP) is 2.13. The summed E-state index contributed by atoms with van der Waals surface area (Å²) in [6.07, 6.45) is 0. The minimum atomic E-state index is 0.792. The Labute approximate surface area is 114 Å². The van der Waals surface area contributed by atoms with E-state index in [2.05, 4.69) is 20.2 Å². The Hall–Kier alpha value is -2.00. The Kier molecular flexibility index (Phi) is 4.42. The van der Waals surface area contributed by atoms with E-state index in [0.29, 0.717) is 0 Å². The lowest BCUT2D eigenvalue weighted by Gasteiger charge is -2.13. The van der Waals surface area contributed by atoms with Gasteiger partial charge in [0, 0.05) is 11.6 Å². The van der Waals surface area contributed by atoms with E-state index in [1.165, 1.54) is 10.5 Å². The maximum atomic E-state index is 5.96. The van der Waals surface area contributed by atoms with Crippen LogP contribution in [-0.4, -0.2) is 21.2 Å². The molecule has 0 saturated heterocycles. The van der Waals surface area contributed by atoms with Gasteiger partial charge in [0.2, 0.25) is 0 Å². The van der Waals surface area contributed by atoms with E-state index >= 15 is 0 Å². The maximum absolute atomic E-state index is 5.96. The molecule has 0 spiro atoms. The van der Waals surface area contributed by atoms with Crippen molar-refractivity contribution in [3.05, 3.63) is 54.1 Å². The monoisotopic (exact) mass is 258 g/mol. The van der Waals surface area contributed by atoms with E-state index < -0.39 is 0 Å². The molecule has 3 nitrogen and oxygen atoms in total. The van der Waals surface area contributed by atoms with Crippen molar-refractivity contribution in [3.63, 3.8) is 0 Å². The molecule has 0 aromatic heterocycles. The van der Waals surface area contributed by atoms with Crippen molar-refractivity contribution in [2.45, 2.75) is 6.54 Å². The molecule has 0 aliphatic heterocycles. The number of methoxy groups -OCH3 is 1. The van der Waals surface area contributed by atoms with Crippen molar-refractivity contribution in [3.8, 4) is 17.2 Å². The maximum Gasteiger partial charge on any atom is 0.136 e. The van der Waals surface area contributed by atoms with E-state index in [-0.39, 0.29) is 0 Å². The highest BCUT2D eigenvalue weighted by molar-refractivity contribution is 5.40. The highest BCUT2D eigenvalue weighted by Gasteiger charge is 2.07. The lowest BCUT2D eigenvalue weighted by molar-refractivity contribution is -0.872. The molecule has 0 saturated carbocycles. The van der Waals surface area contributed by atoms with Crippen LogP contribution in [0.25, 0.3) is 0 Å². The van der Waals surface area contributed by atoms with Crippen LogP contribution in [-0.2, 0) is 6.54 Å². The fraction of sp³-hybridized carbons (Fsp3) is 0.250. The minimum Gasteiger partial charge on any atom is -0.497 e. The summed E-state index contributed by atoms with van der Waals surface area (Å²) in [5.74, 6) is 2.49. The summed E-state index contributed by atoms with van der Waals surface area (Å²) in [5, 5.41) is 0. The van der Waals surface area contributed by atoms with Crippen LogP contribution < -0.4 is 14.4 Å². The molecular weight excluding hydrogens is 238 g/mol. The number of hydrogen-bond donors (Lipinski definition) is 1. The molecule has 0 bridgehead atoms. The van der Waals surface area contributed by atoms with Gasteiger partial charge in [-0.25, -0.2) is 0 Å². The zero-order chi connectivity index (χ0) is 13.7. The van der Waals surface area contributed by atoms with Gasteiger partial charge in [-0.2, -0.15) is 0 Å². The van der Waals surface area contributed by atoms with Gasteiger partial charge in [0.15, 0.2) is 0 Å². The van der Waals surface area contributed by atoms with Crippen molar-refractivity contribution < 1.29 is 14.4 Å². The topological polar surface area (TPSA) is 22.9 Å². The molecule has 0 atom stereocenters. The summed E-state index contributed by atoms with van der Waals surface area (Å²) < 4.78 is 11.2. The first-order valence-electron chi connectivity index (χ1n) is 6.38. The second-order valence-corrected chi connectivity index (χ2v) is 4.77. The molecule has 0 amide bonds. The Morgan fingerprint density at radius 1 is 0.947 bits per heavy atom. The zero-order valence-electron chi connectivity index (χ0n) is 11.6. The summed E-state index contributed by atoms with van der Waals surface area (Å²) in [7, 11) is 5.91. The summed E-state index contributed by atoms with van der Waals surface area (Å²) in [6, 6.07) is 15.8. The van der Waals surface area contributed by atoms with Crippen molar-refractivity contribution >= 4 is 0 Å². The third-order valence-corrected chi connectivity index (χ3v) is 2.79. The third-order valence-electron chi connectivity index (χ3n) is 2.79. The van der Waals surface area contributed by atoms with E-state index in [4.69, 9.17) is 9.47 Å². The molecule has 0 radical (unpaired) electrons. The van der Waals surface area contributed by atoms with Crippen LogP contribution in [0.15, 0.2) is 48.5 Å². The second kappa shape index (κ2) is 6.25. The van der Waals surface area contributed by atoms with Gasteiger partial charge in [-0.1, -0.05) is 18.2 Å². The number of ether oxygens (including phenoxy) is 2. The van der Waals surface area contributed by atoms with E-state index in [1.807, 2.05) is 42.5 Å². The highest BCUT2D eigenvalue weighted by Crippen LogP contribution is 2.27. The van der Waals surface area contributed by atoms with Crippen LogP contribution in [0.5, 0.6) is 17.2 Å². The van der Waals surface area contributed by atoms with Crippen molar-refractivity contribution in [2.24, 2.45) is 0 Å². The smallest absolute Gasteiger partial charge is 0.136 e. The van der Waals surface area contributed by atoms with Crippen LogP contribution >= 0.6 is 0 Å². The van der Waals surface area contributed by atoms with Gasteiger partial charge in [-0.3, -0.25) is 0 Å². The Balaban J connectivity index is 2.22. The Morgan fingerprint density at radius 2 is 1.68 bits per heavy atom. The summed E-state index contributed by atoms with van der Waals surface area (Å²) >= 11 is 0. The third kappa shape index (κ3) is 3.73. The quantitative estimate of drug-likeness (QED) is 0.888. The lowest BCUT2D eigenvalue weighted by Crippen LogP contribution is -3.04. The molecular formula is C16H20NO2+. The number of nitrogens with one attached hydrogen (secondary N) is 1. The van der Waals surface area contributed by atoms with Crippen LogP contribution in [0.3, 0.4) is 0 Å². The first-order valence-corrected chi connectivity index (χ1v) is 6.38. The van der Waals surface area contributed by atoms with E-state index in [9.17, 15) is 0 Å². The fourth-order valence-electron chi connectivity index (χ4n) is 1.92. The van der Waals surface area contributed by atoms with Crippen LogP contribution in [0.1, 0.15) is 5.56 Å². The first kappa shape index (κ1) is 13.4. The van der Waals surface area contributed by atoms with Gasteiger partial charge < -0.3 is 14.4 Å². The van der Waals surface area contributed by atoms with Gasteiger partial charge in [0.1, 0.15) is 23.8 Å². The molecule has 100 valence electrons. The molecule has 1 N–H and O–H groups in total. The molecule has 0 heterocycles. The van der Waals surface area contributed by atoms with Crippen LogP contribution in [0.4, 0.5) is 0 Å². The van der Waals surface area contributed by atoms with E-state index in [0.717, 1.165) is 23.8 Å². The van der Waals surface area contributed by atoms with Gasteiger partial charge in [-0.05, 0) is 24.3 Å². The van der Waals surface area contributed by atoms with Gasteiger partial charge >= 0.3 is 0 Å². The molecule has 2 aromatic rings. The number of hydrogen-bond acceptors (Lipinski definition) is 2. The molecule has 2 aromatic carbocycles. The fourth-order valence-corrected chi connectivity index (χ4v) is 1.92. The van der Waals surface area contributed by atoms with Crippen molar-refractivity contribution in [2.75, 3.05) is 21.2 Å². The summed E-state index contributed by atoms with van der Waals surface area (Å²) in [6.45, 7) is 0.931. The number of para-hydroxylation sites is 1. The zero-order valence-corrected chi connectivity index (χ0v) is 11.6. The standard InChI is InChI=1S/C16H19NO2/c1-17(2)12-13-7-4-5-10-16(13)19-15-9-6-8-14(11-15)18-3/h4-11H,12H2,1-3H3/p+1. The summed E-state index contributed by atoms with van der Waals surface area (Å²) in [4.78, 5) is 1.36. The number of rotatable bonds is 5. The normalized spacial score (nSPS) is 10.5.